The third kappa shape index (κ3) is 3.73. The van der Waals surface area contributed by atoms with Gasteiger partial charge in [0.1, 0.15) is 17.9 Å². The second kappa shape index (κ2) is 7.95. The smallest absolute Gasteiger partial charge is 0.322 e. The summed E-state index contributed by atoms with van der Waals surface area (Å²) in [6.07, 6.45) is 5.08. The molecule has 0 saturated carbocycles. The van der Waals surface area contributed by atoms with E-state index in [0.717, 1.165) is 5.82 Å². The van der Waals surface area contributed by atoms with E-state index in [0.29, 0.717) is 43.4 Å². The first-order valence-corrected chi connectivity index (χ1v) is 9.00. The molecule has 0 bridgehead atoms. The van der Waals surface area contributed by atoms with Gasteiger partial charge in [-0.15, -0.1) is 0 Å². The SMILES string of the molecule is COc1ccccc1NC(=O)N1CCN(c2cc(-n3cccn3)ncn2)CC1. The number of rotatable bonds is 4. The highest BCUT2D eigenvalue weighted by Crippen LogP contribution is 2.24. The fourth-order valence-electron chi connectivity index (χ4n) is 3.12. The van der Waals surface area contributed by atoms with Crippen molar-refractivity contribution < 1.29 is 9.53 Å². The summed E-state index contributed by atoms with van der Waals surface area (Å²) in [6.45, 7) is 2.58. The Morgan fingerprint density at radius 3 is 2.61 bits per heavy atom. The molecule has 0 spiro atoms. The van der Waals surface area contributed by atoms with Crippen LogP contribution in [0.4, 0.5) is 16.3 Å². The summed E-state index contributed by atoms with van der Waals surface area (Å²) in [5.74, 6) is 2.18. The van der Waals surface area contributed by atoms with Crippen molar-refractivity contribution >= 4 is 17.5 Å². The monoisotopic (exact) mass is 379 g/mol. The normalized spacial score (nSPS) is 14.0. The fourth-order valence-corrected chi connectivity index (χ4v) is 3.12. The Morgan fingerprint density at radius 1 is 1.07 bits per heavy atom. The van der Waals surface area contributed by atoms with Crippen molar-refractivity contribution in [2.45, 2.75) is 0 Å². The molecule has 9 nitrogen and oxygen atoms in total. The fraction of sp³-hybridized carbons (Fsp3) is 0.263. The first kappa shape index (κ1) is 17.8. The Hall–Kier alpha value is -3.62. The van der Waals surface area contributed by atoms with Crippen LogP contribution in [0.25, 0.3) is 5.82 Å². The maximum atomic E-state index is 12.6. The third-order valence-corrected chi connectivity index (χ3v) is 4.62. The highest BCUT2D eigenvalue weighted by molar-refractivity contribution is 5.91. The average Bonchev–Trinajstić information content (AvgIpc) is 3.29. The van der Waals surface area contributed by atoms with Gasteiger partial charge in [-0.25, -0.2) is 19.4 Å². The predicted molar refractivity (Wildman–Crippen MR) is 105 cm³/mol. The molecule has 1 saturated heterocycles. The van der Waals surface area contributed by atoms with E-state index in [1.54, 1.807) is 22.9 Å². The Morgan fingerprint density at radius 2 is 1.86 bits per heavy atom. The minimum absolute atomic E-state index is 0.135. The van der Waals surface area contributed by atoms with E-state index >= 15 is 0 Å². The molecule has 0 radical (unpaired) electrons. The number of nitrogens with one attached hydrogen (secondary N) is 1. The maximum Gasteiger partial charge on any atom is 0.322 e. The number of aromatic nitrogens is 4. The molecule has 1 aliphatic heterocycles. The van der Waals surface area contributed by atoms with Crippen molar-refractivity contribution in [1.29, 1.82) is 0 Å². The minimum Gasteiger partial charge on any atom is -0.495 e. The number of nitrogens with zero attached hydrogens (tertiary/aromatic N) is 6. The van der Waals surface area contributed by atoms with Crippen LogP contribution in [-0.4, -0.2) is 64.0 Å². The van der Waals surface area contributed by atoms with Crippen molar-refractivity contribution in [1.82, 2.24) is 24.6 Å². The van der Waals surface area contributed by atoms with E-state index in [1.165, 1.54) is 6.33 Å². The van der Waals surface area contributed by atoms with E-state index in [1.807, 2.05) is 42.6 Å². The zero-order valence-electron chi connectivity index (χ0n) is 15.5. The summed E-state index contributed by atoms with van der Waals surface area (Å²) in [6, 6.07) is 11.0. The van der Waals surface area contributed by atoms with Gasteiger partial charge in [0.2, 0.25) is 0 Å². The van der Waals surface area contributed by atoms with Crippen LogP contribution < -0.4 is 15.0 Å². The average molecular weight is 379 g/mol. The molecular formula is C19H21N7O2. The number of amides is 2. The number of benzene rings is 1. The van der Waals surface area contributed by atoms with Gasteiger partial charge in [0, 0.05) is 44.6 Å². The number of carbonyl (C=O) groups excluding carboxylic acids is 1. The van der Waals surface area contributed by atoms with Crippen LogP contribution in [0.3, 0.4) is 0 Å². The number of hydrogen-bond acceptors (Lipinski definition) is 6. The summed E-state index contributed by atoms with van der Waals surface area (Å²) in [5.41, 5.74) is 0.664. The van der Waals surface area contributed by atoms with E-state index in [2.05, 4.69) is 25.3 Å². The summed E-state index contributed by atoms with van der Waals surface area (Å²) < 4.78 is 6.98. The predicted octanol–water partition coefficient (Wildman–Crippen LogP) is 2.02. The maximum absolute atomic E-state index is 12.6. The van der Waals surface area contributed by atoms with E-state index in [-0.39, 0.29) is 6.03 Å². The lowest BCUT2D eigenvalue weighted by atomic mass is 10.3. The van der Waals surface area contributed by atoms with Gasteiger partial charge >= 0.3 is 6.03 Å². The number of ether oxygens (including phenoxy) is 1. The molecule has 144 valence electrons. The van der Waals surface area contributed by atoms with E-state index in [9.17, 15) is 4.79 Å². The van der Waals surface area contributed by atoms with Crippen LogP contribution in [-0.2, 0) is 0 Å². The summed E-state index contributed by atoms with van der Waals surface area (Å²) in [5, 5.41) is 7.12. The van der Waals surface area contributed by atoms with Gasteiger partial charge in [-0.05, 0) is 18.2 Å². The van der Waals surface area contributed by atoms with Gasteiger partial charge in [-0.2, -0.15) is 5.10 Å². The number of carbonyl (C=O) groups is 1. The summed E-state index contributed by atoms with van der Waals surface area (Å²) in [4.78, 5) is 25.2. The molecule has 2 amide bonds. The van der Waals surface area contributed by atoms with Crippen LogP contribution in [0, 0.1) is 0 Å². The summed E-state index contributed by atoms with van der Waals surface area (Å²) in [7, 11) is 1.59. The van der Waals surface area contributed by atoms with E-state index in [4.69, 9.17) is 4.74 Å². The molecule has 1 N–H and O–H groups in total. The molecule has 0 aliphatic carbocycles. The highest BCUT2D eigenvalue weighted by atomic mass is 16.5. The molecule has 0 unspecified atom stereocenters. The minimum atomic E-state index is -0.135. The van der Waals surface area contributed by atoms with E-state index < -0.39 is 0 Å². The van der Waals surface area contributed by atoms with Crippen LogP contribution in [0.2, 0.25) is 0 Å². The van der Waals surface area contributed by atoms with Crippen molar-refractivity contribution in [3.63, 3.8) is 0 Å². The lowest BCUT2D eigenvalue weighted by Gasteiger charge is -2.35. The number of anilines is 2. The number of piperazine rings is 1. The van der Waals surface area contributed by atoms with Gasteiger partial charge in [0.25, 0.3) is 0 Å². The lowest BCUT2D eigenvalue weighted by Crippen LogP contribution is -2.50. The first-order chi connectivity index (χ1) is 13.7. The van der Waals surface area contributed by atoms with Gasteiger partial charge in [-0.3, -0.25) is 0 Å². The molecule has 9 heteroatoms. The number of para-hydroxylation sites is 2. The standard InChI is InChI=1S/C19H21N7O2/c1-28-16-6-3-2-5-15(16)23-19(27)25-11-9-24(10-12-25)17-13-18(21-14-20-17)26-8-4-7-22-26/h2-8,13-14H,9-12H2,1H3,(H,23,27). The summed E-state index contributed by atoms with van der Waals surface area (Å²) >= 11 is 0. The number of hydrogen-bond donors (Lipinski definition) is 1. The second-order valence-electron chi connectivity index (χ2n) is 6.29. The molecule has 0 atom stereocenters. The highest BCUT2D eigenvalue weighted by Gasteiger charge is 2.23. The molecule has 4 rings (SSSR count). The Labute approximate surface area is 162 Å². The molecule has 3 aromatic rings. The van der Waals surface area contributed by atoms with Gasteiger partial charge < -0.3 is 19.9 Å². The topological polar surface area (TPSA) is 88.4 Å². The number of methoxy groups -OCH3 is 1. The lowest BCUT2D eigenvalue weighted by molar-refractivity contribution is 0.208. The largest absolute Gasteiger partial charge is 0.495 e. The third-order valence-electron chi connectivity index (χ3n) is 4.62. The first-order valence-electron chi connectivity index (χ1n) is 9.00. The van der Waals surface area contributed by atoms with Crippen molar-refractivity contribution in [2.24, 2.45) is 0 Å². The Bertz CT molecular complexity index is 937. The van der Waals surface area contributed by atoms with Crippen molar-refractivity contribution in [3.8, 4) is 11.6 Å². The zero-order chi connectivity index (χ0) is 19.3. The molecule has 2 aromatic heterocycles. The van der Waals surface area contributed by atoms with Crippen LogP contribution >= 0.6 is 0 Å². The molecule has 1 fully saturated rings. The molecule has 28 heavy (non-hydrogen) atoms. The van der Waals surface area contributed by atoms with Crippen LogP contribution in [0.15, 0.2) is 55.1 Å². The zero-order valence-corrected chi connectivity index (χ0v) is 15.5. The number of urea groups is 1. The van der Waals surface area contributed by atoms with Crippen LogP contribution in [0.5, 0.6) is 5.75 Å². The molecule has 1 aliphatic rings. The quantitative estimate of drug-likeness (QED) is 0.746. The molecule has 1 aromatic carbocycles. The van der Waals surface area contributed by atoms with Crippen molar-refractivity contribution in [3.05, 3.63) is 55.1 Å². The van der Waals surface area contributed by atoms with Crippen LogP contribution in [0.1, 0.15) is 0 Å². The van der Waals surface area contributed by atoms with Gasteiger partial charge in [0.05, 0.1) is 12.8 Å². The molecular weight excluding hydrogens is 358 g/mol. The van der Waals surface area contributed by atoms with Gasteiger partial charge in [-0.1, -0.05) is 12.1 Å². The van der Waals surface area contributed by atoms with Crippen molar-refractivity contribution in [2.75, 3.05) is 43.5 Å². The Kier molecular flexibility index (Phi) is 5.05. The Balaban J connectivity index is 1.38. The molecule has 3 heterocycles. The second-order valence-corrected chi connectivity index (χ2v) is 6.29. The van der Waals surface area contributed by atoms with Gasteiger partial charge in [0.15, 0.2) is 5.82 Å².